The van der Waals surface area contributed by atoms with Gasteiger partial charge in [-0.25, -0.2) is 4.52 Å². The van der Waals surface area contributed by atoms with Gasteiger partial charge in [-0.2, -0.15) is 5.10 Å². The van der Waals surface area contributed by atoms with Gasteiger partial charge in [0.25, 0.3) is 5.56 Å². The number of nitrogen functional groups attached to an aromatic ring is 1. The highest BCUT2D eigenvalue weighted by atomic mass is 35.5. The van der Waals surface area contributed by atoms with E-state index in [0.29, 0.717) is 11.6 Å². The van der Waals surface area contributed by atoms with E-state index in [1.165, 1.54) is 0 Å². The Hall–Kier alpha value is -2.05. The maximum atomic E-state index is 12.0. The highest BCUT2D eigenvalue weighted by Crippen LogP contribution is 2.27. The number of hydrogen-bond donors (Lipinski definition) is 3. The molecule has 6 nitrogen and oxygen atoms in total. The van der Waals surface area contributed by atoms with Crippen molar-refractivity contribution >= 4 is 34.6 Å². The highest BCUT2D eigenvalue weighted by molar-refractivity contribution is 5.93. The summed E-state index contributed by atoms with van der Waals surface area (Å²) in [6.07, 6.45) is 2.05. The van der Waals surface area contributed by atoms with Gasteiger partial charge in [0.2, 0.25) is 0 Å². The van der Waals surface area contributed by atoms with E-state index in [9.17, 15) is 4.79 Å². The molecule has 116 valence electrons. The smallest absolute Gasteiger partial charge is 0.251 e. The summed E-state index contributed by atoms with van der Waals surface area (Å²) in [7, 11) is 0. The number of nitrogens with zero attached hydrogens (tertiary/aromatic N) is 2. The monoisotopic (exact) mass is 319 g/mol. The molecule has 2 aromatic heterocycles. The Bertz CT molecular complexity index is 879. The van der Waals surface area contributed by atoms with E-state index in [2.05, 4.69) is 15.4 Å². The molecule has 0 amide bonds. The molecule has 1 fully saturated rings. The maximum Gasteiger partial charge on any atom is 0.251 e. The second kappa shape index (κ2) is 5.62. The van der Waals surface area contributed by atoms with Crippen molar-refractivity contribution in [2.24, 2.45) is 0 Å². The van der Waals surface area contributed by atoms with E-state index in [4.69, 9.17) is 5.73 Å². The summed E-state index contributed by atoms with van der Waals surface area (Å²) in [5.41, 5.74) is 8.99. The fraction of sp³-hybridized carbons (Fsp3) is 0.333. The van der Waals surface area contributed by atoms with E-state index >= 15 is 0 Å². The fourth-order valence-corrected chi connectivity index (χ4v) is 3.17. The number of piperidine rings is 1. The number of fused-ring (bicyclic) bond motifs is 3. The van der Waals surface area contributed by atoms with Crippen molar-refractivity contribution in [2.75, 3.05) is 18.8 Å². The number of rotatable bonds is 1. The van der Waals surface area contributed by atoms with Crippen molar-refractivity contribution < 1.29 is 0 Å². The summed E-state index contributed by atoms with van der Waals surface area (Å²) in [4.78, 5) is 14.9. The first kappa shape index (κ1) is 14.9. The normalized spacial score (nSPS) is 16.0. The van der Waals surface area contributed by atoms with Crippen LogP contribution in [0.4, 0.5) is 5.69 Å². The molecule has 0 unspecified atom stereocenters. The van der Waals surface area contributed by atoms with Crippen LogP contribution in [-0.2, 0) is 0 Å². The van der Waals surface area contributed by atoms with Crippen molar-refractivity contribution in [1.82, 2.24) is 19.9 Å². The third-order valence-corrected chi connectivity index (χ3v) is 4.22. The lowest BCUT2D eigenvalue weighted by atomic mass is 9.94. The highest BCUT2D eigenvalue weighted by Gasteiger charge is 2.20. The topological polar surface area (TPSA) is 88.2 Å². The number of benzene rings is 1. The Morgan fingerprint density at radius 2 is 2.00 bits per heavy atom. The standard InChI is InChI=1S/C15H17N5O.ClH/c16-10-1-2-11-12(7-10)19-20-13(8-14(21)18-15(11)20)9-3-5-17-6-4-9;/h1-2,7-9,17H,3-6,16H2,(H,18,21);1H. The summed E-state index contributed by atoms with van der Waals surface area (Å²) >= 11 is 0. The zero-order chi connectivity index (χ0) is 14.4. The minimum atomic E-state index is -0.0744. The van der Waals surface area contributed by atoms with Crippen LogP contribution in [0, 0.1) is 0 Å². The minimum absolute atomic E-state index is 0. The Morgan fingerprint density at radius 3 is 2.77 bits per heavy atom. The third kappa shape index (κ3) is 2.34. The van der Waals surface area contributed by atoms with Gasteiger partial charge in [0, 0.05) is 23.1 Å². The Morgan fingerprint density at radius 1 is 1.23 bits per heavy atom. The summed E-state index contributed by atoms with van der Waals surface area (Å²) < 4.78 is 1.88. The molecule has 1 saturated heterocycles. The molecule has 3 aromatic rings. The predicted molar refractivity (Wildman–Crippen MR) is 89.8 cm³/mol. The lowest BCUT2D eigenvalue weighted by Crippen LogP contribution is -2.28. The SMILES string of the molecule is Cl.Nc1ccc2c(c1)nn1c(C3CCNCC3)cc(=O)[nH]c21. The van der Waals surface area contributed by atoms with Crippen LogP contribution in [-0.4, -0.2) is 27.7 Å². The van der Waals surface area contributed by atoms with Gasteiger partial charge in [0.15, 0.2) is 0 Å². The number of H-pyrrole nitrogens is 1. The molecule has 4 N–H and O–H groups in total. The lowest BCUT2D eigenvalue weighted by molar-refractivity contribution is 0.446. The number of anilines is 1. The Labute approximate surface area is 133 Å². The number of aromatic nitrogens is 3. The van der Waals surface area contributed by atoms with Crippen molar-refractivity contribution in [3.8, 4) is 0 Å². The molecule has 1 aromatic carbocycles. The van der Waals surface area contributed by atoms with Gasteiger partial charge in [0.1, 0.15) is 5.65 Å². The van der Waals surface area contributed by atoms with Gasteiger partial charge in [-0.15, -0.1) is 12.4 Å². The molecule has 22 heavy (non-hydrogen) atoms. The maximum absolute atomic E-state index is 12.0. The first-order valence-corrected chi connectivity index (χ1v) is 7.24. The van der Waals surface area contributed by atoms with Crippen LogP contribution in [0.1, 0.15) is 24.5 Å². The molecule has 1 aliphatic heterocycles. The summed E-state index contributed by atoms with van der Waals surface area (Å²) in [6, 6.07) is 7.26. The van der Waals surface area contributed by atoms with Gasteiger partial charge in [-0.3, -0.25) is 4.79 Å². The van der Waals surface area contributed by atoms with E-state index < -0.39 is 0 Å². The van der Waals surface area contributed by atoms with Crippen LogP contribution < -0.4 is 16.6 Å². The summed E-state index contributed by atoms with van der Waals surface area (Å²) in [5.74, 6) is 0.364. The average molecular weight is 320 g/mol. The van der Waals surface area contributed by atoms with Crippen LogP contribution in [0.3, 0.4) is 0 Å². The van der Waals surface area contributed by atoms with Gasteiger partial charge in [0.05, 0.1) is 11.2 Å². The predicted octanol–water partition coefficient (Wildman–Crippen LogP) is 1.65. The molecule has 0 saturated carbocycles. The Kier molecular flexibility index (Phi) is 3.80. The summed E-state index contributed by atoms with van der Waals surface area (Å²) in [5, 5.41) is 8.92. The number of nitrogens with two attached hydrogens (primary N) is 1. The quantitative estimate of drug-likeness (QED) is 0.595. The number of nitrogens with one attached hydrogen (secondary N) is 2. The molecule has 0 aliphatic carbocycles. The minimum Gasteiger partial charge on any atom is -0.399 e. The molecular formula is C15H18ClN5O. The van der Waals surface area contributed by atoms with E-state index in [-0.39, 0.29) is 18.0 Å². The molecule has 7 heteroatoms. The van der Waals surface area contributed by atoms with E-state index in [1.54, 1.807) is 6.07 Å². The first-order chi connectivity index (χ1) is 10.2. The van der Waals surface area contributed by atoms with Gasteiger partial charge < -0.3 is 16.0 Å². The van der Waals surface area contributed by atoms with Crippen LogP contribution in [0.15, 0.2) is 29.1 Å². The largest absolute Gasteiger partial charge is 0.399 e. The fourth-order valence-electron chi connectivity index (χ4n) is 3.17. The van der Waals surface area contributed by atoms with Crippen LogP contribution in [0.5, 0.6) is 0 Å². The van der Waals surface area contributed by atoms with E-state index in [1.807, 2.05) is 22.7 Å². The number of hydrogen-bond acceptors (Lipinski definition) is 4. The first-order valence-electron chi connectivity index (χ1n) is 7.24. The van der Waals surface area contributed by atoms with Gasteiger partial charge >= 0.3 is 0 Å². The lowest BCUT2D eigenvalue weighted by Gasteiger charge is -2.23. The van der Waals surface area contributed by atoms with Crippen molar-refractivity contribution in [2.45, 2.75) is 18.8 Å². The second-order valence-corrected chi connectivity index (χ2v) is 5.62. The number of aromatic amines is 1. The zero-order valence-electron chi connectivity index (χ0n) is 12.0. The number of halogens is 1. The van der Waals surface area contributed by atoms with Crippen molar-refractivity contribution in [3.63, 3.8) is 0 Å². The van der Waals surface area contributed by atoms with Gasteiger partial charge in [-0.05, 0) is 44.1 Å². The van der Waals surface area contributed by atoms with Crippen molar-refractivity contribution in [3.05, 3.63) is 40.3 Å². The van der Waals surface area contributed by atoms with Crippen molar-refractivity contribution in [1.29, 1.82) is 0 Å². The summed E-state index contributed by atoms with van der Waals surface area (Å²) in [6.45, 7) is 1.96. The molecule has 1 aliphatic rings. The molecule has 0 radical (unpaired) electrons. The molecule has 0 bridgehead atoms. The second-order valence-electron chi connectivity index (χ2n) is 5.62. The van der Waals surface area contributed by atoms with Gasteiger partial charge in [-0.1, -0.05) is 0 Å². The molecule has 3 heterocycles. The zero-order valence-corrected chi connectivity index (χ0v) is 12.8. The van der Waals surface area contributed by atoms with Crippen LogP contribution >= 0.6 is 12.4 Å². The Balaban J connectivity index is 0.00000144. The molecular weight excluding hydrogens is 302 g/mol. The molecule has 0 atom stereocenters. The molecule has 4 rings (SSSR count). The molecule has 0 spiro atoms. The van der Waals surface area contributed by atoms with E-state index in [0.717, 1.165) is 48.2 Å². The third-order valence-electron chi connectivity index (χ3n) is 4.22. The van der Waals surface area contributed by atoms with Crippen LogP contribution in [0.25, 0.3) is 16.6 Å². The van der Waals surface area contributed by atoms with Crippen LogP contribution in [0.2, 0.25) is 0 Å². The average Bonchev–Trinajstić information content (AvgIpc) is 2.84.